The predicted molar refractivity (Wildman–Crippen MR) is 87.7 cm³/mol. The Hall–Kier alpha value is -3.40. The molecule has 0 aliphatic heterocycles. The van der Waals surface area contributed by atoms with Gasteiger partial charge in [0, 0.05) is 18.2 Å². The Labute approximate surface area is 150 Å². The highest BCUT2D eigenvalue weighted by molar-refractivity contribution is 5.98. The van der Waals surface area contributed by atoms with Crippen LogP contribution in [0.1, 0.15) is 21.6 Å². The van der Waals surface area contributed by atoms with Crippen LogP contribution in [0.5, 0.6) is 11.8 Å². The van der Waals surface area contributed by atoms with E-state index < -0.39 is 17.8 Å². The van der Waals surface area contributed by atoms with Crippen molar-refractivity contribution < 1.29 is 27.1 Å². The first kappa shape index (κ1) is 18.4. The van der Waals surface area contributed by atoms with Crippen LogP contribution in [-0.2, 0) is 12.7 Å². The molecule has 0 bridgehead atoms. The lowest BCUT2D eigenvalue weighted by Crippen LogP contribution is -2.12. The minimum atomic E-state index is -4.65. The average molecular weight is 378 g/mol. The molecule has 0 saturated heterocycles. The van der Waals surface area contributed by atoms with E-state index in [9.17, 15) is 18.0 Å². The van der Waals surface area contributed by atoms with Gasteiger partial charge >= 0.3 is 6.18 Å². The summed E-state index contributed by atoms with van der Waals surface area (Å²) in [4.78, 5) is 18.9. The number of benzene rings is 1. The molecule has 0 spiro atoms. The number of hydrogen-bond donors (Lipinski definition) is 2. The largest absolute Gasteiger partial charge is 0.440 e. The molecule has 1 aromatic carbocycles. The Kier molecular flexibility index (Phi) is 4.82. The molecule has 0 atom stereocenters. The maximum absolute atomic E-state index is 12.9. The van der Waals surface area contributed by atoms with Crippen molar-refractivity contribution in [3.8, 4) is 23.2 Å². The molecule has 27 heavy (non-hydrogen) atoms. The van der Waals surface area contributed by atoms with E-state index in [-0.39, 0.29) is 35.3 Å². The maximum atomic E-state index is 12.9. The topological polar surface area (TPSA) is 117 Å². The number of halogens is 3. The van der Waals surface area contributed by atoms with Crippen LogP contribution in [0.2, 0.25) is 0 Å². The van der Waals surface area contributed by atoms with E-state index in [0.717, 1.165) is 12.3 Å². The lowest BCUT2D eigenvalue weighted by Gasteiger charge is -2.09. The predicted octanol–water partition coefficient (Wildman–Crippen LogP) is 3.11. The number of pyridine rings is 1. The van der Waals surface area contributed by atoms with Crippen molar-refractivity contribution in [3.63, 3.8) is 0 Å². The van der Waals surface area contributed by atoms with Gasteiger partial charge in [0.05, 0.1) is 5.56 Å². The number of nitrogens with two attached hydrogens (primary N) is 2. The summed E-state index contributed by atoms with van der Waals surface area (Å²) in [6.07, 6.45) is -3.57. The number of aromatic nitrogens is 2. The molecule has 3 rings (SSSR count). The third-order valence-electron chi connectivity index (χ3n) is 3.50. The molecule has 0 unspecified atom stereocenters. The molecule has 4 N–H and O–H groups in total. The highest BCUT2D eigenvalue weighted by atomic mass is 19.4. The molecule has 2 aromatic heterocycles. The van der Waals surface area contributed by atoms with Crippen LogP contribution in [0.4, 0.5) is 13.2 Å². The van der Waals surface area contributed by atoms with Crippen molar-refractivity contribution in [2.45, 2.75) is 12.7 Å². The molecule has 0 saturated carbocycles. The zero-order valence-corrected chi connectivity index (χ0v) is 13.7. The monoisotopic (exact) mass is 378 g/mol. The van der Waals surface area contributed by atoms with Gasteiger partial charge in [0.25, 0.3) is 5.88 Å². The molecular weight excluding hydrogens is 365 g/mol. The number of carbonyl (C=O) groups excluding carboxylic acids is 1. The second-order valence-corrected chi connectivity index (χ2v) is 5.40. The van der Waals surface area contributed by atoms with Crippen molar-refractivity contribution in [2.75, 3.05) is 0 Å². The van der Waals surface area contributed by atoms with Gasteiger partial charge in [-0.3, -0.25) is 4.79 Å². The van der Waals surface area contributed by atoms with Gasteiger partial charge in [-0.25, -0.2) is 4.98 Å². The molecule has 0 fully saturated rings. The second-order valence-electron chi connectivity index (χ2n) is 5.40. The summed E-state index contributed by atoms with van der Waals surface area (Å²) in [5, 5.41) is 0. The smallest absolute Gasteiger partial charge is 0.433 e. The van der Waals surface area contributed by atoms with Crippen LogP contribution in [-0.4, -0.2) is 15.9 Å². The molecular formula is C17H13F3N4O3. The van der Waals surface area contributed by atoms with E-state index >= 15 is 0 Å². The van der Waals surface area contributed by atoms with Crippen LogP contribution in [0.25, 0.3) is 11.5 Å². The summed E-state index contributed by atoms with van der Waals surface area (Å²) in [7, 11) is 0. The maximum Gasteiger partial charge on any atom is 0.433 e. The summed E-state index contributed by atoms with van der Waals surface area (Å²) in [6.45, 7) is -0.127. The van der Waals surface area contributed by atoms with Gasteiger partial charge in [-0.15, -0.1) is 0 Å². The third kappa shape index (κ3) is 4.06. The molecule has 0 aliphatic carbocycles. The Morgan fingerprint density at radius 1 is 1.15 bits per heavy atom. The lowest BCUT2D eigenvalue weighted by atomic mass is 10.1. The number of ether oxygens (including phenoxy) is 1. The molecule has 1 amide bonds. The minimum Gasteiger partial charge on any atom is -0.440 e. The van der Waals surface area contributed by atoms with Gasteiger partial charge in [-0.1, -0.05) is 12.1 Å². The zero-order chi connectivity index (χ0) is 19.6. The highest BCUT2D eigenvalue weighted by Crippen LogP contribution is 2.32. The quantitative estimate of drug-likeness (QED) is 0.704. The van der Waals surface area contributed by atoms with E-state index in [2.05, 4.69) is 9.97 Å². The summed E-state index contributed by atoms with van der Waals surface area (Å²) in [5.41, 5.74) is 10.3. The number of nitrogens with zero attached hydrogens (tertiary/aromatic N) is 2. The molecule has 0 aliphatic rings. The minimum absolute atomic E-state index is 0.0189. The fourth-order valence-corrected chi connectivity index (χ4v) is 2.30. The summed E-state index contributed by atoms with van der Waals surface area (Å²) >= 11 is 0. The molecule has 0 radical (unpaired) electrons. The van der Waals surface area contributed by atoms with Crippen molar-refractivity contribution >= 4 is 5.91 Å². The molecule has 2 heterocycles. The van der Waals surface area contributed by atoms with E-state index in [4.69, 9.17) is 20.6 Å². The van der Waals surface area contributed by atoms with Crippen molar-refractivity contribution in [2.24, 2.45) is 11.5 Å². The number of carbonyl (C=O) groups is 1. The first-order valence-corrected chi connectivity index (χ1v) is 7.58. The SMILES string of the molecule is NCc1cc(Oc2coc(-c3ccccc3C(N)=O)n2)nc(C(F)(F)F)c1. The van der Waals surface area contributed by atoms with E-state index in [1.54, 1.807) is 18.2 Å². The number of primary amides is 1. The number of alkyl halides is 3. The fourth-order valence-electron chi connectivity index (χ4n) is 2.30. The Morgan fingerprint density at radius 2 is 1.89 bits per heavy atom. The summed E-state index contributed by atoms with van der Waals surface area (Å²) in [5.74, 6) is -1.14. The Morgan fingerprint density at radius 3 is 2.56 bits per heavy atom. The summed E-state index contributed by atoms with van der Waals surface area (Å²) in [6, 6.07) is 8.42. The van der Waals surface area contributed by atoms with E-state index in [1.807, 2.05) is 0 Å². The zero-order valence-electron chi connectivity index (χ0n) is 13.7. The number of oxazole rings is 1. The number of hydrogen-bond acceptors (Lipinski definition) is 6. The van der Waals surface area contributed by atoms with Crippen LogP contribution in [0.15, 0.2) is 47.1 Å². The molecule has 140 valence electrons. The molecule has 10 heteroatoms. The van der Waals surface area contributed by atoms with E-state index in [1.165, 1.54) is 12.1 Å². The Bertz CT molecular complexity index is 986. The van der Waals surface area contributed by atoms with E-state index in [0.29, 0.717) is 5.56 Å². The Balaban J connectivity index is 1.92. The first-order valence-electron chi connectivity index (χ1n) is 7.58. The molecule has 3 aromatic rings. The molecule has 7 nitrogen and oxygen atoms in total. The first-order chi connectivity index (χ1) is 12.8. The lowest BCUT2D eigenvalue weighted by molar-refractivity contribution is -0.141. The number of amides is 1. The van der Waals surface area contributed by atoms with Gasteiger partial charge in [-0.2, -0.15) is 18.2 Å². The number of rotatable bonds is 5. The van der Waals surface area contributed by atoms with Crippen molar-refractivity contribution in [1.82, 2.24) is 9.97 Å². The van der Waals surface area contributed by atoms with Crippen molar-refractivity contribution in [1.29, 1.82) is 0 Å². The average Bonchev–Trinajstić information content (AvgIpc) is 3.09. The van der Waals surface area contributed by atoms with Gasteiger partial charge in [0.15, 0.2) is 6.26 Å². The van der Waals surface area contributed by atoms with Crippen LogP contribution < -0.4 is 16.2 Å². The highest BCUT2D eigenvalue weighted by Gasteiger charge is 2.33. The van der Waals surface area contributed by atoms with Crippen LogP contribution in [0.3, 0.4) is 0 Å². The van der Waals surface area contributed by atoms with Gasteiger partial charge < -0.3 is 20.6 Å². The van der Waals surface area contributed by atoms with Gasteiger partial charge in [0.2, 0.25) is 17.7 Å². The standard InChI is InChI=1S/C17H13F3N4O3/c18-17(19,20)12-5-9(7-21)6-13(23-12)27-14-8-26-16(24-14)11-4-2-1-3-10(11)15(22)25/h1-6,8H,7,21H2,(H2,22,25). The second kappa shape index (κ2) is 7.08. The van der Waals surface area contributed by atoms with Crippen molar-refractivity contribution in [3.05, 3.63) is 59.5 Å². The van der Waals surface area contributed by atoms with Crippen LogP contribution in [0, 0.1) is 0 Å². The normalized spacial score (nSPS) is 11.4. The van der Waals surface area contributed by atoms with Gasteiger partial charge in [-0.05, 0) is 23.8 Å². The fraction of sp³-hybridized carbons (Fsp3) is 0.118. The third-order valence-corrected chi connectivity index (χ3v) is 3.50. The van der Waals surface area contributed by atoms with Crippen LogP contribution >= 0.6 is 0 Å². The van der Waals surface area contributed by atoms with Gasteiger partial charge in [0.1, 0.15) is 5.69 Å². The summed E-state index contributed by atoms with van der Waals surface area (Å²) < 4.78 is 49.3.